The number of guanidine groups is 5. The number of aliphatic hydroxyl groups excluding tert-OH is 1. The van der Waals surface area contributed by atoms with Gasteiger partial charge in [0.1, 0.15) is 84.1 Å². The second-order valence-electron chi connectivity index (χ2n) is 29.3. The molecule has 1 aromatic carbocycles. The van der Waals surface area contributed by atoms with E-state index in [1.165, 1.54) is 62.0 Å². The summed E-state index contributed by atoms with van der Waals surface area (Å²) < 4.78 is 0. The molecular weight excluding hydrogens is 1800 g/mol. The average molecular weight is 1930 g/mol. The molecule has 1 radical (unpaired) electrons. The standard InChI is InChI=1S/C74H126N34O19S.Tc/c1-37(96-59(116)42(12-6-27-89-70(78)79)97-55(113)36-95-68(125)56(38(2)109)107-58(115)40-19-24-54(108-88)94-35-40)57(114)98-43(11-4-5-26-75)60(117)99-44(13-7-28-90-71(80)81)61(118)100-45(14-8-29-91-72(82)83)62(119)103-48(25-32-128-3)65(122)102-47(22-23-52(76)111)64(121)105-50(33-39-17-20-41(110)21-18-39)66(123)106-51(34-53(77)112)67(124)101-46(15-9-30-92-73(84)85)63(120)104-49(69(126)127)16-10-31-93-74(86)87;/h17-21,24,35,37-38,42-51,56,109-110H,4-16,22-23,25-34,36,75,88H2,1-3H3,(H2,76,111)(H2,77,112)(H,94,108)(H,95,125)(H,96,116)(H,97,113)(H,98,114)(H,99,117)(H,100,118)(H,101,124)(H,102,122)(H,103,119)(H,104,120)(H,105,121)(H,106,123)(H,107,115)(H,126,127)(H4,78,79,89)(H4,80,81,90)(H4,82,83,91)(H4,84,85,92)(H4,86,87,93);/t37-,38+,42-,43-,44-,45-,46-,47-,48-,49-,50-,51-,56-;/m0./s1/i;1+1. The minimum atomic E-state index is -1.95. The Labute approximate surface area is 760 Å². The van der Waals surface area contributed by atoms with Crippen molar-refractivity contribution in [3.63, 3.8) is 0 Å². The van der Waals surface area contributed by atoms with Gasteiger partial charge in [-0.15, -0.1) is 0 Å². The van der Waals surface area contributed by atoms with Crippen LogP contribution in [0.2, 0.25) is 0 Å². The van der Waals surface area contributed by atoms with E-state index in [0.29, 0.717) is 6.42 Å². The Hall–Kier alpha value is -13.3. The summed E-state index contributed by atoms with van der Waals surface area (Å²) in [6.07, 6.45) is -2.15. The Morgan fingerprint density at radius 1 is 0.419 bits per heavy atom. The largest absolute Gasteiger partial charge is 0.508 e. The number of carboxylic acids is 1. The van der Waals surface area contributed by atoms with E-state index in [9.17, 15) is 92.0 Å². The maximum absolute atomic E-state index is 14.9. The van der Waals surface area contributed by atoms with E-state index in [2.05, 4.69) is 106 Å². The number of nitrogen functional groups attached to an aromatic ring is 1. The van der Waals surface area contributed by atoms with Crippen molar-refractivity contribution in [3.8, 4) is 5.75 Å². The third-order valence-electron chi connectivity index (χ3n) is 18.7. The third kappa shape index (κ3) is 47.7. The molecule has 13 atom stereocenters. The van der Waals surface area contributed by atoms with E-state index in [1.807, 2.05) is 0 Å². The van der Waals surface area contributed by atoms with Crippen LogP contribution in [0.1, 0.15) is 139 Å². The maximum Gasteiger partial charge on any atom is 0.326 e. The number of aliphatic hydroxyl groups is 1. The summed E-state index contributed by atoms with van der Waals surface area (Å²) in [6, 6.07) is -11.7. The predicted molar refractivity (Wildman–Crippen MR) is 468 cm³/mol. The second-order valence-corrected chi connectivity index (χ2v) is 30.2. The minimum Gasteiger partial charge on any atom is -0.508 e. The van der Waals surface area contributed by atoms with Crippen molar-refractivity contribution in [1.82, 2.24) is 101 Å². The number of amides is 15. The van der Waals surface area contributed by atoms with Gasteiger partial charge >= 0.3 is 5.97 Å². The van der Waals surface area contributed by atoms with Crippen molar-refractivity contribution < 1.29 is 112 Å². The molecular formula is C74H126N34O19STc. The zero-order valence-electron chi connectivity index (χ0n) is 71.7. The van der Waals surface area contributed by atoms with Crippen molar-refractivity contribution >= 4 is 142 Å². The van der Waals surface area contributed by atoms with Crippen molar-refractivity contribution in [3.05, 3.63) is 53.7 Å². The number of nitrogens with zero attached hydrogens (tertiary/aromatic N) is 1. The molecule has 0 saturated carbocycles. The SMILES string of the molecule is CSCC[C@H](NC(=O)[C@H](CCCNC(=N)N)NC(=O)[C@H](CCCNC(=N)N)NC(=O)[C@H](CCCCN)NC(=O)[C@H](C)NC(=O)[C@H](CCCNC(=N)N)NC(=O)CNC(=O)[C@@H](NC(=O)c1ccc(NN)nc1)[C@@H](C)O)C(=O)N[C@@H](CCC(N)=O)C(=O)N[C@@H](Cc1ccc(O)cc1)C(=O)N[C@@H](CC(N)=O)C(=O)N[C@@H](CCCNC(=N)N)C(=O)N[C@@H](CCCNC(=N)N)C(=O)O.[99Tc]. The number of aliphatic carboxylic acids is 1. The molecule has 2 aromatic rings. The number of thioether (sulfide) groups is 1. The Morgan fingerprint density at radius 2 is 0.783 bits per heavy atom. The number of phenols is 1. The quantitative estimate of drug-likeness (QED) is 0.00961. The van der Waals surface area contributed by atoms with Crippen LogP contribution in [0, 0.1) is 27.0 Å². The summed E-state index contributed by atoms with van der Waals surface area (Å²) in [5.41, 5.74) is 46.8. The number of carbonyl (C=O) groups excluding carboxylic acids is 15. The average Bonchev–Trinajstić information content (AvgIpc) is 0.856. The summed E-state index contributed by atoms with van der Waals surface area (Å²) in [4.78, 5) is 226. The zero-order chi connectivity index (χ0) is 96.1. The number of rotatable bonds is 63. The van der Waals surface area contributed by atoms with E-state index < -0.39 is 235 Å². The fourth-order valence-electron chi connectivity index (χ4n) is 11.9. The number of primary amides is 2. The Morgan fingerprint density at radius 3 is 1.16 bits per heavy atom. The Kier molecular flexibility index (Phi) is 54.6. The van der Waals surface area contributed by atoms with Crippen LogP contribution >= 0.6 is 11.8 Å². The smallest absolute Gasteiger partial charge is 0.326 e. The number of phenolic OH excluding ortho intramolecular Hbond substituents is 1. The number of hydrogen-bond donors (Lipinski definition) is 36. The van der Waals surface area contributed by atoms with Crippen LogP contribution in [0.15, 0.2) is 42.6 Å². The number of pyridine rings is 1. The van der Waals surface area contributed by atoms with Crippen molar-refractivity contribution in [1.29, 1.82) is 27.0 Å². The number of aromatic hydroxyl groups is 1. The number of carbonyl (C=O) groups is 16. The number of nitrogens with two attached hydrogens (primary N) is 9. The number of aromatic nitrogens is 1. The van der Waals surface area contributed by atoms with Gasteiger partial charge in [0, 0.05) is 71.9 Å². The first kappa shape index (κ1) is 114. The molecule has 0 unspecified atom stereocenters. The molecule has 0 aliphatic carbocycles. The van der Waals surface area contributed by atoms with Crippen LogP contribution in [0.25, 0.3) is 0 Å². The van der Waals surface area contributed by atoms with E-state index in [1.54, 1.807) is 6.26 Å². The van der Waals surface area contributed by atoms with Crippen molar-refractivity contribution in [2.24, 2.45) is 51.7 Å². The second kappa shape index (κ2) is 62.0. The van der Waals surface area contributed by atoms with Crippen LogP contribution in [-0.2, 0) is 98.4 Å². The normalized spacial score (nSPS) is 13.7. The Balaban J connectivity index is 0.0000832. The van der Waals surface area contributed by atoms with Gasteiger partial charge in [-0.3, -0.25) is 99.0 Å². The molecule has 0 fully saturated rings. The molecule has 1 aromatic heterocycles. The first-order valence-electron chi connectivity index (χ1n) is 40.7. The number of nitrogens with one attached hydrogen (secondary N) is 24. The van der Waals surface area contributed by atoms with E-state index in [-0.39, 0.29) is 171 Å². The fourth-order valence-corrected chi connectivity index (χ4v) is 12.4. The summed E-state index contributed by atoms with van der Waals surface area (Å²) in [5, 5.41) is 113. The van der Waals surface area contributed by atoms with E-state index >= 15 is 0 Å². The molecule has 0 bridgehead atoms. The van der Waals surface area contributed by atoms with Gasteiger partial charge in [-0.1, -0.05) is 12.1 Å². The van der Waals surface area contributed by atoms with E-state index in [4.69, 9.17) is 78.8 Å². The van der Waals surface area contributed by atoms with Crippen LogP contribution in [-0.4, -0.2) is 281 Å². The number of hydrogen-bond acceptors (Lipinski definition) is 28. The van der Waals surface area contributed by atoms with Gasteiger partial charge in [0.25, 0.3) is 5.91 Å². The molecule has 55 heteroatoms. The van der Waals surface area contributed by atoms with Gasteiger partial charge in [0.15, 0.2) is 29.8 Å². The molecule has 15 amide bonds. The predicted octanol–water partition coefficient (Wildman–Crippen LogP) is -11.3. The number of hydrazine groups is 1. The zero-order valence-corrected chi connectivity index (χ0v) is 74.4. The van der Waals surface area contributed by atoms with Crippen molar-refractivity contribution in [2.45, 2.75) is 208 Å². The first-order valence-corrected chi connectivity index (χ1v) is 42.1. The van der Waals surface area contributed by atoms with Crippen molar-refractivity contribution in [2.75, 3.05) is 63.2 Å². The van der Waals surface area contributed by atoms with Gasteiger partial charge < -0.3 is 162 Å². The molecule has 2 rings (SSSR count). The summed E-state index contributed by atoms with van der Waals surface area (Å²) in [5.74, 6) is -13.9. The van der Waals surface area contributed by atoms with E-state index in [0.717, 1.165) is 6.20 Å². The molecule has 0 aliphatic heterocycles. The molecule has 45 N–H and O–H groups in total. The molecule has 0 saturated heterocycles. The molecule has 53 nitrogen and oxygen atoms in total. The molecule has 0 aliphatic rings. The number of unbranched alkanes of at least 4 members (excludes halogenated alkanes) is 1. The Bertz CT molecular complexity index is 4110. The van der Waals surface area contributed by atoms with Gasteiger partial charge in [-0.25, -0.2) is 15.6 Å². The number of carboxylic acid groups (broad SMARTS) is 1. The minimum absolute atomic E-state index is 0. The first-order chi connectivity index (χ1) is 60.5. The van der Waals surface area contributed by atoms with Crippen LogP contribution < -0.4 is 153 Å². The number of benzene rings is 1. The molecule has 129 heavy (non-hydrogen) atoms. The van der Waals surface area contributed by atoms with Gasteiger partial charge in [0.2, 0.25) is 82.7 Å². The third-order valence-corrected chi connectivity index (χ3v) is 19.3. The fraction of sp³-hybridized carbons (Fsp3) is 0.568. The van der Waals surface area contributed by atoms with Gasteiger partial charge in [-0.2, -0.15) is 11.8 Å². The van der Waals surface area contributed by atoms with Crippen LogP contribution in [0.3, 0.4) is 0 Å². The summed E-state index contributed by atoms with van der Waals surface area (Å²) in [6.45, 7) is 1.69. The van der Waals surface area contributed by atoms with Gasteiger partial charge in [-0.05, 0) is 159 Å². The van der Waals surface area contributed by atoms with Gasteiger partial charge in [0.05, 0.1) is 24.6 Å². The van der Waals surface area contributed by atoms with Crippen LogP contribution in [0.4, 0.5) is 5.82 Å². The maximum atomic E-state index is 14.9. The summed E-state index contributed by atoms with van der Waals surface area (Å²) in [7, 11) is 0. The molecule has 1 heterocycles. The topological polar surface area (TPSA) is 929 Å². The monoisotopic (exact) mass is 1930 g/mol. The molecule has 0 spiro atoms. The summed E-state index contributed by atoms with van der Waals surface area (Å²) >= 11 is 1.21. The number of anilines is 1. The molecule has 719 valence electrons. The van der Waals surface area contributed by atoms with Crippen LogP contribution in [0.5, 0.6) is 5.75 Å².